The number of nitrogens with zero attached hydrogens (tertiary/aromatic N) is 1. The van der Waals surface area contributed by atoms with Crippen molar-refractivity contribution in [3.05, 3.63) is 29.3 Å². The van der Waals surface area contributed by atoms with Gasteiger partial charge in [-0.1, -0.05) is 6.07 Å². The number of nitrogens with one attached hydrogen (secondary N) is 1. The van der Waals surface area contributed by atoms with Crippen molar-refractivity contribution in [2.24, 2.45) is 0 Å². The number of carbonyl (C=O) groups is 2. The van der Waals surface area contributed by atoms with Crippen molar-refractivity contribution in [2.45, 2.75) is 6.92 Å². The second-order valence-corrected chi connectivity index (χ2v) is 4.12. The summed E-state index contributed by atoms with van der Waals surface area (Å²) in [5.41, 5.74) is 1.54. The Morgan fingerprint density at radius 2 is 2.00 bits per heavy atom. The highest BCUT2D eigenvalue weighted by Gasteiger charge is 2.09. The lowest BCUT2D eigenvalue weighted by molar-refractivity contribution is -0.116. The van der Waals surface area contributed by atoms with Crippen LogP contribution in [-0.2, 0) is 4.79 Å². The fourth-order valence-electron chi connectivity index (χ4n) is 1.37. The summed E-state index contributed by atoms with van der Waals surface area (Å²) in [6.45, 7) is 2.08. The lowest BCUT2D eigenvalue weighted by Gasteiger charge is -2.12. The zero-order valence-corrected chi connectivity index (χ0v) is 10.2. The van der Waals surface area contributed by atoms with Gasteiger partial charge in [-0.2, -0.15) is 0 Å². The van der Waals surface area contributed by atoms with E-state index in [1.807, 2.05) is 6.92 Å². The summed E-state index contributed by atoms with van der Waals surface area (Å²) in [5.74, 6) is -1.17. The van der Waals surface area contributed by atoms with Crippen molar-refractivity contribution in [3.63, 3.8) is 0 Å². The van der Waals surface area contributed by atoms with Gasteiger partial charge in [0.25, 0.3) is 0 Å². The van der Waals surface area contributed by atoms with Gasteiger partial charge in [-0.05, 0) is 38.7 Å². The first-order chi connectivity index (χ1) is 7.90. The smallest absolute Gasteiger partial charge is 0.335 e. The van der Waals surface area contributed by atoms with Gasteiger partial charge in [0.2, 0.25) is 5.91 Å². The number of rotatable bonds is 4. The normalized spacial score (nSPS) is 10.4. The van der Waals surface area contributed by atoms with Crippen molar-refractivity contribution in [1.29, 1.82) is 0 Å². The summed E-state index contributed by atoms with van der Waals surface area (Å²) in [7, 11) is 3.58. The highest BCUT2D eigenvalue weighted by atomic mass is 16.4. The minimum absolute atomic E-state index is 0.163. The van der Waals surface area contributed by atoms with Crippen LogP contribution in [-0.4, -0.2) is 42.5 Å². The zero-order valence-electron chi connectivity index (χ0n) is 10.2. The van der Waals surface area contributed by atoms with E-state index in [2.05, 4.69) is 5.32 Å². The van der Waals surface area contributed by atoms with Gasteiger partial charge < -0.3 is 15.3 Å². The van der Waals surface area contributed by atoms with Crippen LogP contribution in [0.4, 0.5) is 5.69 Å². The number of amides is 1. The Kier molecular flexibility index (Phi) is 4.23. The first kappa shape index (κ1) is 13.2. The molecule has 0 heterocycles. The number of carboxylic acids is 1. The van der Waals surface area contributed by atoms with E-state index in [1.165, 1.54) is 12.1 Å². The third-order valence-corrected chi connectivity index (χ3v) is 2.22. The van der Waals surface area contributed by atoms with Crippen LogP contribution in [0.2, 0.25) is 0 Å². The molecule has 92 valence electrons. The number of likely N-dealkylation sites (N-methyl/N-ethyl adjacent to an activating group) is 1. The molecule has 0 aromatic heterocycles. The maximum Gasteiger partial charge on any atom is 0.335 e. The van der Waals surface area contributed by atoms with Crippen molar-refractivity contribution in [2.75, 3.05) is 26.0 Å². The van der Waals surface area contributed by atoms with Gasteiger partial charge in [0.15, 0.2) is 0 Å². The molecule has 5 nitrogen and oxygen atoms in total. The number of aryl methyl sites for hydroxylation is 1. The van der Waals surface area contributed by atoms with Gasteiger partial charge >= 0.3 is 5.97 Å². The second kappa shape index (κ2) is 5.45. The van der Waals surface area contributed by atoms with E-state index in [-0.39, 0.29) is 18.0 Å². The summed E-state index contributed by atoms with van der Waals surface area (Å²) in [6, 6.07) is 4.65. The third-order valence-electron chi connectivity index (χ3n) is 2.22. The predicted molar refractivity (Wildman–Crippen MR) is 65.3 cm³/mol. The molecule has 0 radical (unpaired) electrons. The van der Waals surface area contributed by atoms with E-state index in [9.17, 15) is 9.59 Å². The van der Waals surface area contributed by atoms with Crippen molar-refractivity contribution >= 4 is 17.6 Å². The minimum Gasteiger partial charge on any atom is -0.478 e. The van der Waals surface area contributed by atoms with Crippen LogP contribution in [0, 0.1) is 6.92 Å². The highest BCUT2D eigenvalue weighted by molar-refractivity contribution is 5.95. The van der Waals surface area contributed by atoms with Gasteiger partial charge in [-0.3, -0.25) is 4.79 Å². The van der Waals surface area contributed by atoms with Gasteiger partial charge in [-0.25, -0.2) is 4.79 Å². The van der Waals surface area contributed by atoms with E-state index in [1.54, 1.807) is 25.1 Å². The Bertz CT molecular complexity index is 441. The maximum absolute atomic E-state index is 11.6. The monoisotopic (exact) mass is 236 g/mol. The van der Waals surface area contributed by atoms with Crippen LogP contribution in [0.5, 0.6) is 0 Å². The molecule has 0 aliphatic carbocycles. The number of benzene rings is 1. The highest BCUT2D eigenvalue weighted by Crippen LogP contribution is 2.16. The third kappa shape index (κ3) is 3.88. The molecule has 0 unspecified atom stereocenters. The van der Waals surface area contributed by atoms with Gasteiger partial charge in [0.1, 0.15) is 0 Å². The lowest BCUT2D eigenvalue weighted by Crippen LogP contribution is -2.27. The lowest BCUT2D eigenvalue weighted by atomic mass is 10.1. The fraction of sp³-hybridized carbons (Fsp3) is 0.333. The first-order valence-electron chi connectivity index (χ1n) is 5.18. The van der Waals surface area contributed by atoms with Crippen LogP contribution in [0.3, 0.4) is 0 Å². The molecule has 2 N–H and O–H groups in total. The molecule has 0 saturated carbocycles. The molecule has 1 aromatic rings. The number of carboxylic acid groups (broad SMARTS) is 1. The van der Waals surface area contributed by atoms with E-state index < -0.39 is 5.97 Å². The van der Waals surface area contributed by atoms with Crippen LogP contribution < -0.4 is 5.32 Å². The topological polar surface area (TPSA) is 69.6 Å². The Morgan fingerprint density at radius 1 is 1.35 bits per heavy atom. The molecule has 0 bridgehead atoms. The first-order valence-corrected chi connectivity index (χ1v) is 5.18. The van der Waals surface area contributed by atoms with Crippen molar-refractivity contribution in [1.82, 2.24) is 4.90 Å². The Morgan fingerprint density at radius 3 is 2.53 bits per heavy atom. The molecule has 1 amide bonds. The summed E-state index contributed by atoms with van der Waals surface area (Å²) >= 11 is 0. The van der Waals surface area contributed by atoms with Crippen LogP contribution in [0.15, 0.2) is 18.2 Å². The second-order valence-electron chi connectivity index (χ2n) is 4.12. The Labute approximate surface area is 100 Å². The number of hydrogen-bond acceptors (Lipinski definition) is 3. The number of carbonyl (C=O) groups excluding carboxylic acids is 1. The van der Waals surface area contributed by atoms with Crippen molar-refractivity contribution in [3.8, 4) is 0 Å². The van der Waals surface area contributed by atoms with Gasteiger partial charge in [-0.15, -0.1) is 0 Å². The van der Waals surface area contributed by atoms with E-state index in [0.717, 1.165) is 5.56 Å². The van der Waals surface area contributed by atoms with E-state index >= 15 is 0 Å². The molecule has 0 aliphatic heterocycles. The van der Waals surface area contributed by atoms with E-state index in [4.69, 9.17) is 5.11 Å². The summed E-state index contributed by atoms with van der Waals surface area (Å²) in [6.07, 6.45) is 0. The van der Waals surface area contributed by atoms with Crippen LogP contribution in [0.1, 0.15) is 15.9 Å². The van der Waals surface area contributed by atoms with Crippen LogP contribution in [0.25, 0.3) is 0 Å². The standard InChI is InChI=1S/C12H16N2O3/c1-8-4-5-9(12(16)17)6-10(8)13-11(15)7-14(2)3/h4-6H,7H2,1-3H3,(H,13,15)(H,16,17). The molecular formula is C12H16N2O3. The summed E-state index contributed by atoms with van der Waals surface area (Å²) in [5, 5.41) is 11.6. The predicted octanol–water partition coefficient (Wildman–Crippen LogP) is 1.19. The fourth-order valence-corrected chi connectivity index (χ4v) is 1.37. The molecule has 1 rings (SSSR count). The number of aromatic carboxylic acids is 1. The summed E-state index contributed by atoms with van der Waals surface area (Å²) in [4.78, 5) is 24.1. The molecule has 0 atom stereocenters. The molecule has 0 fully saturated rings. The largest absolute Gasteiger partial charge is 0.478 e. The summed E-state index contributed by atoms with van der Waals surface area (Å²) < 4.78 is 0. The molecule has 1 aromatic carbocycles. The maximum atomic E-state index is 11.6. The number of hydrogen-bond donors (Lipinski definition) is 2. The molecule has 0 saturated heterocycles. The zero-order chi connectivity index (χ0) is 13.0. The molecule has 0 spiro atoms. The Balaban J connectivity index is 2.86. The minimum atomic E-state index is -1.01. The van der Waals surface area contributed by atoms with E-state index in [0.29, 0.717) is 5.69 Å². The molecular weight excluding hydrogens is 220 g/mol. The average Bonchev–Trinajstić information content (AvgIpc) is 2.19. The molecule has 17 heavy (non-hydrogen) atoms. The Hall–Kier alpha value is -1.88. The molecule has 0 aliphatic rings. The SMILES string of the molecule is Cc1ccc(C(=O)O)cc1NC(=O)CN(C)C. The number of anilines is 1. The van der Waals surface area contributed by atoms with Crippen molar-refractivity contribution < 1.29 is 14.7 Å². The average molecular weight is 236 g/mol. The van der Waals surface area contributed by atoms with Gasteiger partial charge in [0.05, 0.1) is 12.1 Å². The van der Waals surface area contributed by atoms with Gasteiger partial charge in [0, 0.05) is 5.69 Å². The van der Waals surface area contributed by atoms with Crippen LogP contribution >= 0.6 is 0 Å². The quantitative estimate of drug-likeness (QED) is 0.824. The molecule has 5 heteroatoms.